The van der Waals surface area contributed by atoms with Gasteiger partial charge < -0.3 is 0 Å². The van der Waals surface area contributed by atoms with E-state index in [9.17, 15) is 8.42 Å². The normalized spacial score (nSPS) is 12.9. The van der Waals surface area contributed by atoms with Crippen LogP contribution in [0.4, 0.5) is 0 Å². The van der Waals surface area contributed by atoms with Gasteiger partial charge in [-0.3, -0.25) is 19.9 Å². The standard InChI is InChI=1S/C12H18.C10H15N.3C8H12N2.C8H12.C7H11N.C6H9N3.C5H10O2S.9V/c1-7-8(2)10(4)12(6)11(5)9(7)3;1-6-7(2)9(4)11-10(5)8(6)3;1-5-6(2)10-8(4)7(3)9-5;1-5-6(2)9-8(4)10-7(5)3;1-5-6(2)8(4)10-9-7(5)3;1-6-4-7(2)8(3)5-6;1-5-4-6(2)8-7(5)3;1-4-7-5(2)9-6(3)8-4;1-5-2-3-8(6,7)4-5;;;;;;;;;/h1-6H3;1-5H3;3*1-4H3;4H,5H2,1-3H3;4H2,1-3H3;1-3H3;5H,2-4H2,1H3;;;;;;;;;. The van der Waals surface area contributed by atoms with Crippen molar-refractivity contribution in [3.8, 4) is 0 Å². The van der Waals surface area contributed by atoms with Gasteiger partial charge in [0.2, 0.25) is 0 Å². The Labute approximate surface area is 684 Å². The van der Waals surface area contributed by atoms with E-state index >= 15 is 0 Å². The minimum absolute atomic E-state index is 0. The van der Waals surface area contributed by atoms with Crippen LogP contribution in [0.2, 0.25) is 0 Å². The number of benzene rings is 1. The van der Waals surface area contributed by atoms with Crippen molar-refractivity contribution in [3.05, 3.63) is 181 Å². The van der Waals surface area contributed by atoms with Crippen LogP contribution >= 0.6 is 0 Å². The fourth-order valence-corrected chi connectivity index (χ4v) is 11.3. The van der Waals surface area contributed by atoms with E-state index in [0.717, 1.165) is 93.1 Å². The van der Waals surface area contributed by atoms with Crippen molar-refractivity contribution < 1.29 is 175 Å². The van der Waals surface area contributed by atoms with Crippen LogP contribution in [0, 0.1) is 186 Å². The molecule has 5 aromatic heterocycles. The summed E-state index contributed by atoms with van der Waals surface area (Å²) in [5.41, 5.74) is 35.5. The van der Waals surface area contributed by atoms with E-state index in [1.54, 1.807) is 0 Å². The first-order chi connectivity index (χ1) is 39.5. The van der Waals surface area contributed by atoms with Gasteiger partial charge in [-0.25, -0.2) is 33.3 Å². The van der Waals surface area contributed by atoms with Gasteiger partial charge >= 0.3 is 0 Å². The van der Waals surface area contributed by atoms with Gasteiger partial charge in [-0.2, -0.15) is 10.2 Å². The summed E-state index contributed by atoms with van der Waals surface area (Å²) in [6.07, 6.45) is 5.41. The van der Waals surface area contributed by atoms with E-state index in [-0.39, 0.29) is 167 Å². The van der Waals surface area contributed by atoms with Crippen molar-refractivity contribution in [2.24, 2.45) is 10.9 Å². The van der Waals surface area contributed by atoms with Crippen LogP contribution in [-0.4, -0.2) is 75.7 Å². The molecule has 1 aromatic carbocycles. The van der Waals surface area contributed by atoms with Gasteiger partial charge in [0.15, 0.2) is 9.84 Å². The van der Waals surface area contributed by atoms with Crippen molar-refractivity contribution in [2.45, 2.75) is 248 Å². The molecule has 0 spiro atoms. The Morgan fingerprint density at radius 1 is 0.316 bits per heavy atom. The number of hydrogen-bond donors (Lipinski definition) is 0. The second-order valence-electron chi connectivity index (χ2n) is 24.2. The summed E-state index contributed by atoms with van der Waals surface area (Å²) in [6.45, 7) is 68.2. The predicted molar refractivity (Wildman–Crippen MR) is 365 cm³/mol. The van der Waals surface area contributed by atoms with Crippen LogP contribution in [0.15, 0.2) is 39.1 Å². The molecule has 1 fully saturated rings. The maximum absolute atomic E-state index is 10.6. The number of pyridine rings is 1. The van der Waals surface area contributed by atoms with Crippen LogP contribution in [-0.2, 0) is 177 Å². The molecule has 9 radical (unpaired) electrons. The molecule has 7 heterocycles. The third-order valence-electron chi connectivity index (χ3n) is 17.0. The molecule has 0 N–H and O–H groups in total. The Bertz CT molecular complexity index is 3290. The van der Waals surface area contributed by atoms with E-state index in [2.05, 4.69) is 193 Å². The zero-order valence-corrected chi connectivity index (χ0v) is 77.2. The second kappa shape index (κ2) is 53.5. The summed E-state index contributed by atoms with van der Waals surface area (Å²) in [4.78, 5) is 37.8. The van der Waals surface area contributed by atoms with Crippen LogP contribution in [0.1, 0.15) is 215 Å². The summed E-state index contributed by atoms with van der Waals surface area (Å²) >= 11 is 0. The molecular weight excluding hydrogens is 1540 g/mol. The molecule has 0 amide bonds. The van der Waals surface area contributed by atoms with Gasteiger partial charge in [0.05, 0.1) is 45.7 Å². The molecule has 95 heavy (non-hydrogen) atoms. The zero-order chi connectivity index (χ0) is 66.6. The topological polar surface area (TPSA) is 175 Å². The van der Waals surface area contributed by atoms with Crippen molar-refractivity contribution in [3.63, 3.8) is 0 Å². The number of nitrogens with zero attached hydrogens (tertiary/aromatic N) is 11. The number of aliphatic imine (C=N–C) groups is 1. The Balaban J connectivity index is -0.000000124. The Morgan fingerprint density at radius 3 is 0.789 bits per heavy atom. The number of aromatic nitrogens is 10. The summed E-state index contributed by atoms with van der Waals surface area (Å²) < 4.78 is 21.3. The van der Waals surface area contributed by atoms with Crippen molar-refractivity contribution >= 4 is 15.5 Å². The van der Waals surface area contributed by atoms with E-state index in [4.69, 9.17) is 0 Å². The molecule has 517 valence electrons. The Morgan fingerprint density at radius 2 is 0.589 bits per heavy atom. The largest absolute Gasteiger partial charge is 0.263 e. The van der Waals surface area contributed by atoms with Gasteiger partial charge in [-0.05, 0) is 313 Å². The quantitative estimate of drug-likeness (QED) is 0.141. The summed E-state index contributed by atoms with van der Waals surface area (Å²) in [5.74, 6) is 4.46. The van der Waals surface area contributed by atoms with Gasteiger partial charge in [-0.1, -0.05) is 29.7 Å². The average Bonchev–Trinajstić information content (AvgIpc) is 4.25. The molecule has 0 bridgehead atoms. The molecule has 6 aromatic rings. The van der Waals surface area contributed by atoms with Crippen LogP contribution in [0.25, 0.3) is 0 Å². The summed E-state index contributed by atoms with van der Waals surface area (Å²) in [5, 5.41) is 7.98. The van der Waals surface area contributed by atoms with E-state index in [0.29, 0.717) is 17.4 Å². The Kier molecular flexibility index (Phi) is 63.2. The monoisotopic (exact) mass is 1650 g/mol. The Hall–Kier alpha value is -1.28. The van der Waals surface area contributed by atoms with Crippen molar-refractivity contribution in [2.75, 3.05) is 11.5 Å². The van der Waals surface area contributed by atoms with E-state index in [1.165, 1.54) is 107 Å². The number of hydrogen-bond acceptors (Lipinski definition) is 13. The molecule has 1 saturated heterocycles. The third-order valence-corrected chi connectivity index (χ3v) is 18.9. The van der Waals surface area contributed by atoms with Crippen LogP contribution < -0.4 is 0 Å². The van der Waals surface area contributed by atoms with Crippen molar-refractivity contribution in [1.29, 1.82) is 0 Å². The molecule has 3 aliphatic rings. The predicted octanol–water partition coefficient (Wildman–Crippen LogP) is 17.3. The fourth-order valence-electron chi connectivity index (χ4n) is 9.33. The third kappa shape index (κ3) is 39.7. The number of allylic oxidation sites excluding steroid dienone is 6. The smallest absolute Gasteiger partial charge is 0.150 e. The maximum atomic E-state index is 10.6. The number of sulfone groups is 1. The first-order valence-electron chi connectivity index (χ1n) is 30.2. The van der Waals surface area contributed by atoms with Gasteiger partial charge in [0.25, 0.3) is 0 Å². The first kappa shape index (κ1) is 112. The SMILES string of the molecule is CC1=CC(C)=C(C)C1.CC1=NC(C)=C(C)C1.CC1CCS(=O)(=O)C1.Cc1c(C)c(C)c(C)c(C)c1C.Cc1nc(C)c(C)c(C)c1C.Cc1nc(C)c(C)c(C)n1.Cc1nc(C)c(C)nc1C.Cc1nc(C)nc(C)n1.Cc1nnc(C)c(C)c1C.[V].[V].[V].[V].[V].[V].[V].[V].[V]. The molecule has 0 saturated carbocycles. The van der Waals surface area contributed by atoms with Crippen molar-refractivity contribution in [1.82, 2.24) is 50.1 Å². The molecule has 2 aliphatic heterocycles. The molecule has 23 heteroatoms. The molecule has 1 atom stereocenters. The van der Waals surface area contributed by atoms with E-state index < -0.39 is 9.84 Å². The van der Waals surface area contributed by atoms with Gasteiger partial charge in [-0.15, -0.1) is 0 Å². The second-order valence-corrected chi connectivity index (χ2v) is 26.4. The fraction of sp³-hybridized carbons (Fsp3) is 0.542. The van der Waals surface area contributed by atoms with Crippen LogP contribution in [0.3, 0.4) is 0 Å². The molecule has 1 unspecified atom stereocenters. The van der Waals surface area contributed by atoms with Crippen LogP contribution in [0.5, 0.6) is 0 Å². The number of rotatable bonds is 0. The zero-order valence-electron chi connectivity index (χ0n) is 63.9. The summed E-state index contributed by atoms with van der Waals surface area (Å²) in [7, 11) is -2.60. The van der Waals surface area contributed by atoms with Gasteiger partial charge in [0, 0.05) is 208 Å². The number of aryl methyl sites for hydroxylation is 14. The molecular formula is C72H111N11O2SV9. The van der Waals surface area contributed by atoms with Gasteiger partial charge in [0.1, 0.15) is 23.3 Å². The average molecular weight is 1650 g/mol. The maximum Gasteiger partial charge on any atom is 0.150 e. The molecule has 9 rings (SSSR count). The van der Waals surface area contributed by atoms with E-state index in [1.807, 2.05) is 96.9 Å². The molecule has 1 aliphatic carbocycles. The molecule has 13 nitrogen and oxygen atoms in total. The first-order valence-corrected chi connectivity index (χ1v) is 32.0. The summed E-state index contributed by atoms with van der Waals surface area (Å²) in [6, 6.07) is 0. The minimum atomic E-state index is -2.60. The minimum Gasteiger partial charge on any atom is -0.263 e.